The van der Waals surface area contributed by atoms with E-state index in [0.29, 0.717) is 6.42 Å². The molecule has 0 aromatic rings. The number of unbranched alkanes of at least 4 members (excludes halogenated alkanes) is 1. The van der Waals surface area contributed by atoms with Crippen molar-refractivity contribution in [2.24, 2.45) is 28.6 Å². The number of halogens is 2. The average molecular weight is 511 g/mol. The molecule has 36 heavy (non-hydrogen) atoms. The highest BCUT2D eigenvalue weighted by molar-refractivity contribution is 6.01. The highest BCUT2D eigenvalue weighted by atomic mass is 19.1. The lowest BCUT2D eigenvalue weighted by atomic mass is 9.44. The normalized spacial score (nSPS) is 45.3. The van der Waals surface area contributed by atoms with Crippen LogP contribution in [0, 0.1) is 28.6 Å². The van der Waals surface area contributed by atoms with E-state index in [1.54, 1.807) is 13.8 Å². The molecule has 7 nitrogen and oxygen atoms in total. The second-order valence-electron chi connectivity index (χ2n) is 11.4. The van der Waals surface area contributed by atoms with Crippen LogP contribution >= 0.6 is 0 Å². The molecule has 0 radical (unpaired) electrons. The zero-order chi connectivity index (χ0) is 26.7. The summed E-state index contributed by atoms with van der Waals surface area (Å²) >= 11 is 0. The Labute approximate surface area is 209 Å². The second-order valence-corrected chi connectivity index (χ2v) is 11.4. The number of hydrogen-bond acceptors (Lipinski definition) is 7. The van der Waals surface area contributed by atoms with Crippen molar-refractivity contribution in [2.45, 2.75) is 83.3 Å². The van der Waals surface area contributed by atoms with Crippen molar-refractivity contribution in [1.82, 2.24) is 0 Å². The first-order chi connectivity index (χ1) is 16.8. The molecule has 3 saturated carbocycles. The van der Waals surface area contributed by atoms with Crippen molar-refractivity contribution < 1.29 is 42.9 Å². The molecule has 0 amide bonds. The lowest BCUT2D eigenvalue weighted by Gasteiger charge is -2.63. The van der Waals surface area contributed by atoms with E-state index >= 15 is 8.78 Å². The van der Waals surface area contributed by atoms with Gasteiger partial charge >= 0.3 is 6.16 Å². The van der Waals surface area contributed by atoms with Gasteiger partial charge in [0.15, 0.2) is 17.1 Å². The van der Waals surface area contributed by atoms with Gasteiger partial charge in [-0.25, -0.2) is 13.6 Å². The van der Waals surface area contributed by atoms with Crippen LogP contribution in [0.2, 0.25) is 0 Å². The summed E-state index contributed by atoms with van der Waals surface area (Å²) in [5.74, 6) is -3.51. The van der Waals surface area contributed by atoms with Crippen LogP contribution in [0.4, 0.5) is 13.6 Å². The predicted molar refractivity (Wildman–Crippen MR) is 125 cm³/mol. The summed E-state index contributed by atoms with van der Waals surface area (Å²) in [5.41, 5.74) is -7.03. The highest BCUT2D eigenvalue weighted by Gasteiger charge is 2.78. The van der Waals surface area contributed by atoms with Crippen LogP contribution in [0.5, 0.6) is 0 Å². The van der Waals surface area contributed by atoms with Crippen molar-refractivity contribution in [3.63, 3.8) is 0 Å². The Bertz CT molecular complexity index is 1010. The number of alkyl halides is 2. The SMILES string of the molecule is CCCCOC(=O)O[C@]1(C(=O)CO)[C@H](C)C[C@H]2[C@@H]3C[C@H](F)C4=CC(=O)C=C[C@]4(C)[C@@]3(F)[C@@H](O)C[C@@]21C. The Morgan fingerprint density at radius 3 is 2.56 bits per heavy atom. The van der Waals surface area contributed by atoms with Gasteiger partial charge in [0.05, 0.1) is 12.7 Å². The molecular weight excluding hydrogens is 474 g/mol. The fraction of sp³-hybridized carbons (Fsp3) is 0.741. The number of carbonyl (C=O) groups is 3. The first-order valence-corrected chi connectivity index (χ1v) is 12.8. The van der Waals surface area contributed by atoms with Gasteiger partial charge in [-0.1, -0.05) is 33.3 Å². The molecule has 2 N–H and O–H groups in total. The van der Waals surface area contributed by atoms with Crippen LogP contribution in [0.3, 0.4) is 0 Å². The number of rotatable bonds is 6. The molecular formula is C27H36F2O7. The van der Waals surface area contributed by atoms with Crippen LogP contribution in [0.1, 0.15) is 59.8 Å². The predicted octanol–water partition coefficient (Wildman–Crippen LogP) is 3.80. The van der Waals surface area contributed by atoms with E-state index in [-0.39, 0.29) is 31.4 Å². The zero-order valence-corrected chi connectivity index (χ0v) is 21.3. The molecule has 4 rings (SSSR count). The fourth-order valence-corrected chi connectivity index (χ4v) is 7.97. The Morgan fingerprint density at radius 1 is 1.22 bits per heavy atom. The van der Waals surface area contributed by atoms with Gasteiger partial charge in [0, 0.05) is 22.7 Å². The number of Topliss-reactive ketones (excluding diaryl/α,β-unsaturated/α-hetero) is 1. The lowest BCUT2D eigenvalue weighted by molar-refractivity contribution is -0.226. The minimum absolute atomic E-state index is 0.0101. The van der Waals surface area contributed by atoms with Crippen LogP contribution in [-0.4, -0.2) is 64.7 Å². The third kappa shape index (κ3) is 3.37. The van der Waals surface area contributed by atoms with E-state index in [0.717, 1.165) is 12.5 Å². The van der Waals surface area contributed by atoms with E-state index in [1.807, 2.05) is 6.92 Å². The summed E-state index contributed by atoms with van der Waals surface area (Å²) in [6, 6.07) is 0. The molecule has 9 atom stereocenters. The number of ether oxygens (including phenoxy) is 2. The molecule has 3 fully saturated rings. The molecule has 0 aromatic carbocycles. The molecule has 0 heterocycles. The van der Waals surface area contributed by atoms with Gasteiger partial charge in [0.25, 0.3) is 0 Å². The van der Waals surface area contributed by atoms with Crippen molar-refractivity contribution in [2.75, 3.05) is 13.2 Å². The first-order valence-electron chi connectivity index (χ1n) is 12.8. The number of aliphatic hydroxyl groups is 2. The van der Waals surface area contributed by atoms with Crippen LogP contribution < -0.4 is 0 Å². The molecule has 0 spiro atoms. The van der Waals surface area contributed by atoms with Crippen LogP contribution in [0.15, 0.2) is 23.8 Å². The molecule has 0 unspecified atom stereocenters. The summed E-state index contributed by atoms with van der Waals surface area (Å²) in [4.78, 5) is 38.0. The molecule has 0 aliphatic heterocycles. The van der Waals surface area contributed by atoms with Gasteiger partial charge in [-0.15, -0.1) is 0 Å². The highest BCUT2D eigenvalue weighted by Crippen LogP contribution is 2.71. The number of fused-ring (bicyclic) bond motifs is 5. The summed E-state index contributed by atoms with van der Waals surface area (Å²) in [7, 11) is 0. The smallest absolute Gasteiger partial charge is 0.434 e. The van der Waals surface area contributed by atoms with Gasteiger partial charge < -0.3 is 19.7 Å². The van der Waals surface area contributed by atoms with Gasteiger partial charge in [0.1, 0.15) is 12.8 Å². The van der Waals surface area contributed by atoms with Gasteiger partial charge in [0.2, 0.25) is 5.78 Å². The molecule has 4 aliphatic carbocycles. The maximum Gasteiger partial charge on any atom is 0.509 e. The Hall–Kier alpha value is -2.13. The number of allylic oxidation sites excluding steroid dienone is 4. The summed E-state index contributed by atoms with van der Waals surface area (Å²) < 4.78 is 43.8. The van der Waals surface area contributed by atoms with E-state index in [2.05, 4.69) is 0 Å². The maximum atomic E-state index is 17.3. The standard InChI is InChI=1S/C27H36F2O7/c1-5-6-9-35-23(34)36-27(22(33)14-30)15(2)10-17-18-12-20(28)19-11-16(31)7-8-24(19,3)26(18,29)21(32)13-25(17,27)4/h7-8,11,15,17-18,20-21,30,32H,5-6,9-10,12-14H2,1-4H3/t15-,17+,18+,20+,21+,24+,25+,26+,27+/m1/s1. The summed E-state index contributed by atoms with van der Waals surface area (Å²) in [5, 5.41) is 21.3. The number of ketones is 2. The van der Waals surface area contributed by atoms with Crippen molar-refractivity contribution in [3.05, 3.63) is 23.8 Å². The third-order valence-electron chi connectivity index (χ3n) is 9.69. The topological polar surface area (TPSA) is 110 Å². The minimum Gasteiger partial charge on any atom is -0.434 e. The van der Waals surface area contributed by atoms with E-state index in [1.165, 1.54) is 19.1 Å². The van der Waals surface area contributed by atoms with E-state index in [4.69, 9.17) is 9.47 Å². The largest absolute Gasteiger partial charge is 0.509 e. The average Bonchev–Trinajstić information content (AvgIpc) is 3.04. The molecule has 0 aromatic heterocycles. The van der Waals surface area contributed by atoms with Crippen molar-refractivity contribution in [1.29, 1.82) is 0 Å². The Morgan fingerprint density at radius 2 is 1.92 bits per heavy atom. The molecule has 9 heteroatoms. The maximum absolute atomic E-state index is 17.3. The van der Waals surface area contributed by atoms with Crippen LogP contribution in [-0.2, 0) is 19.1 Å². The van der Waals surface area contributed by atoms with Gasteiger partial charge in [-0.2, -0.15) is 0 Å². The quantitative estimate of drug-likeness (QED) is 0.413. The fourth-order valence-electron chi connectivity index (χ4n) is 7.97. The summed E-state index contributed by atoms with van der Waals surface area (Å²) in [6.07, 6.45) is 0.377. The van der Waals surface area contributed by atoms with E-state index < -0.39 is 76.5 Å². The van der Waals surface area contributed by atoms with Crippen molar-refractivity contribution in [3.8, 4) is 0 Å². The lowest BCUT2D eigenvalue weighted by Crippen LogP contribution is -2.71. The van der Waals surface area contributed by atoms with Crippen LogP contribution in [0.25, 0.3) is 0 Å². The number of aliphatic hydroxyl groups excluding tert-OH is 2. The second kappa shape index (κ2) is 9.01. The first kappa shape index (κ1) is 26.9. The van der Waals surface area contributed by atoms with Crippen molar-refractivity contribution >= 4 is 17.7 Å². The number of hydrogen-bond donors (Lipinski definition) is 2. The summed E-state index contributed by atoms with van der Waals surface area (Å²) in [6.45, 7) is 5.93. The van der Waals surface area contributed by atoms with Gasteiger partial charge in [-0.05, 0) is 56.3 Å². The van der Waals surface area contributed by atoms with Gasteiger partial charge in [-0.3, -0.25) is 9.59 Å². The number of carbonyl (C=O) groups excluding carboxylic acids is 3. The molecule has 0 bridgehead atoms. The third-order valence-corrected chi connectivity index (χ3v) is 9.69. The monoisotopic (exact) mass is 510 g/mol. The Balaban J connectivity index is 1.79. The zero-order valence-electron chi connectivity index (χ0n) is 21.3. The molecule has 4 aliphatic rings. The molecule has 200 valence electrons. The Kier molecular flexibility index (Phi) is 6.74. The molecule has 0 saturated heterocycles. The minimum atomic E-state index is -2.32. The van der Waals surface area contributed by atoms with E-state index in [9.17, 15) is 24.6 Å².